The molecule has 0 atom stereocenters. The first-order chi connectivity index (χ1) is 15.5. The van der Waals surface area contributed by atoms with Crippen LogP contribution in [0.15, 0.2) is 52.5 Å². The number of hydrogen-bond acceptors (Lipinski definition) is 8. The van der Waals surface area contributed by atoms with E-state index in [1.54, 1.807) is 18.3 Å². The van der Waals surface area contributed by atoms with E-state index in [0.717, 1.165) is 24.5 Å². The summed E-state index contributed by atoms with van der Waals surface area (Å²) in [6, 6.07) is 6.28. The minimum absolute atomic E-state index is 0.00880. The lowest BCUT2D eigenvalue weighted by molar-refractivity contribution is -0.385. The van der Waals surface area contributed by atoms with Crippen LogP contribution in [0.1, 0.15) is 10.4 Å². The van der Waals surface area contributed by atoms with Gasteiger partial charge in [0.2, 0.25) is 10.0 Å². The van der Waals surface area contributed by atoms with Gasteiger partial charge in [-0.05, 0) is 18.2 Å². The highest BCUT2D eigenvalue weighted by atomic mass is 32.2. The van der Waals surface area contributed by atoms with Crippen molar-refractivity contribution < 1.29 is 26.6 Å². The van der Waals surface area contributed by atoms with E-state index in [2.05, 4.69) is 9.97 Å². The van der Waals surface area contributed by atoms with Gasteiger partial charge in [-0.15, -0.1) is 0 Å². The van der Waals surface area contributed by atoms with E-state index >= 15 is 0 Å². The van der Waals surface area contributed by atoms with E-state index in [1.165, 1.54) is 15.4 Å². The number of rotatable bonds is 5. The van der Waals surface area contributed by atoms with Gasteiger partial charge < -0.3 is 9.88 Å². The van der Waals surface area contributed by atoms with Crippen molar-refractivity contribution in [3.8, 4) is 0 Å². The van der Waals surface area contributed by atoms with E-state index in [1.807, 2.05) is 0 Å². The number of nitrogens with one attached hydrogen (secondary N) is 1. The molecule has 1 saturated heterocycles. The van der Waals surface area contributed by atoms with Crippen molar-refractivity contribution >= 4 is 42.5 Å². The molecular weight excluding hydrogens is 474 g/mol. The summed E-state index contributed by atoms with van der Waals surface area (Å²) >= 11 is 0. The van der Waals surface area contributed by atoms with Crippen molar-refractivity contribution in [2.24, 2.45) is 0 Å². The number of aromatic nitrogens is 2. The Labute approximate surface area is 189 Å². The number of benzene rings is 1. The van der Waals surface area contributed by atoms with Gasteiger partial charge >= 0.3 is 0 Å². The molecule has 3 heterocycles. The molecule has 33 heavy (non-hydrogen) atoms. The van der Waals surface area contributed by atoms with Crippen LogP contribution in [0, 0.1) is 10.1 Å². The summed E-state index contributed by atoms with van der Waals surface area (Å²) in [5.74, 6) is -0.614. The minimum atomic E-state index is -3.85. The standard InChI is InChI=1S/C19H19N5O7S2/c1-32(28,29)15-10-13(9-14(11-15)24(26)27)19(25)22-5-7-23(8-6-22)33(30,31)17-12-21-18-16(17)3-2-4-20-18/h2-4,9-12H,5-8H2,1H3,(H,20,21). The number of piperazine rings is 1. The number of carbonyl (C=O) groups excluding carboxylic acids is 1. The van der Waals surface area contributed by atoms with Crippen LogP contribution in [-0.2, 0) is 19.9 Å². The zero-order chi connectivity index (χ0) is 24.0. The number of nitro benzene ring substituents is 1. The SMILES string of the molecule is CS(=O)(=O)c1cc(C(=O)N2CCN(S(=O)(=O)c3c[nH]c4ncccc34)CC2)cc([N+](=O)[O-])c1. The van der Waals surface area contributed by atoms with Gasteiger partial charge in [0.25, 0.3) is 11.6 Å². The third-order valence-electron chi connectivity index (χ3n) is 5.33. The quantitative estimate of drug-likeness (QED) is 0.407. The number of fused-ring (bicyclic) bond motifs is 1. The normalized spacial score (nSPS) is 15.6. The first kappa shape index (κ1) is 22.8. The second-order valence-corrected chi connectivity index (χ2v) is 11.4. The molecule has 1 aliphatic rings. The minimum Gasteiger partial charge on any atom is -0.345 e. The van der Waals surface area contributed by atoms with Gasteiger partial charge in [-0.1, -0.05) is 0 Å². The molecule has 0 bridgehead atoms. The number of carbonyl (C=O) groups is 1. The van der Waals surface area contributed by atoms with Crippen LogP contribution in [0.3, 0.4) is 0 Å². The molecule has 1 aliphatic heterocycles. The van der Waals surface area contributed by atoms with Gasteiger partial charge in [0, 0.05) is 67.9 Å². The van der Waals surface area contributed by atoms with Crippen LogP contribution >= 0.6 is 0 Å². The van der Waals surface area contributed by atoms with Crippen molar-refractivity contribution in [3.63, 3.8) is 0 Å². The number of sulfone groups is 1. The summed E-state index contributed by atoms with van der Waals surface area (Å²) in [5, 5.41) is 11.7. The molecule has 1 N–H and O–H groups in total. The lowest BCUT2D eigenvalue weighted by Gasteiger charge is -2.34. The number of H-pyrrole nitrogens is 1. The van der Waals surface area contributed by atoms with E-state index in [0.29, 0.717) is 11.0 Å². The van der Waals surface area contributed by atoms with Crippen molar-refractivity contribution in [1.29, 1.82) is 0 Å². The summed E-state index contributed by atoms with van der Waals surface area (Å²) in [4.78, 5) is 31.4. The summed E-state index contributed by atoms with van der Waals surface area (Å²) in [6.45, 7) is 0.0921. The molecule has 1 aromatic carbocycles. The molecular formula is C19H19N5O7S2. The Morgan fingerprint density at radius 2 is 1.82 bits per heavy atom. The molecule has 2 aromatic heterocycles. The molecule has 0 unspecified atom stereocenters. The molecule has 174 valence electrons. The summed E-state index contributed by atoms with van der Waals surface area (Å²) < 4.78 is 51.3. The zero-order valence-electron chi connectivity index (χ0n) is 17.3. The van der Waals surface area contributed by atoms with E-state index in [4.69, 9.17) is 0 Å². The molecule has 3 aromatic rings. The number of nitro groups is 1. The number of pyridine rings is 1. The lowest BCUT2D eigenvalue weighted by atomic mass is 10.1. The molecule has 1 fully saturated rings. The number of hydrogen-bond donors (Lipinski definition) is 1. The molecule has 14 heteroatoms. The molecule has 4 rings (SSSR count). The Balaban J connectivity index is 1.55. The fraction of sp³-hybridized carbons (Fsp3) is 0.263. The second-order valence-electron chi connectivity index (χ2n) is 7.49. The molecule has 0 saturated carbocycles. The number of aromatic amines is 1. The second kappa shape index (κ2) is 8.20. The third-order valence-corrected chi connectivity index (χ3v) is 8.36. The highest BCUT2D eigenvalue weighted by molar-refractivity contribution is 7.90. The van der Waals surface area contributed by atoms with Gasteiger partial charge in [0.15, 0.2) is 9.84 Å². The van der Waals surface area contributed by atoms with Crippen LogP contribution in [0.4, 0.5) is 5.69 Å². The topological polar surface area (TPSA) is 164 Å². The van der Waals surface area contributed by atoms with E-state index in [-0.39, 0.29) is 41.5 Å². The van der Waals surface area contributed by atoms with Crippen LogP contribution in [0.5, 0.6) is 0 Å². The Hall–Kier alpha value is -3.36. The van der Waals surface area contributed by atoms with Crippen LogP contribution < -0.4 is 0 Å². The molecule has 0 radical (unpaired) electrons. The number of amides is 1. The van der Waals surface area contributed by atoms with Gasteiger partial charge in [-0.2, -0.15) is 4.31 Å². The van der Waals surface area contributed by atoms with Crippen molar-refractivity contribution in [2.45, 2.75) is 9.79 Å². The fourth-order valence-corrected chi connectivity index (χ4v) is 5.87. The Morgan fingerprint density at radius 3 is 2.45 bits per heavy atom. The average molecular weight is 494 g/mol. The lowest BCUT2D eigenvalue weighted by Crippen LogP contribution is -2.50. The highest BCUT2D eigenvalue weighted by Crippen LogP contribution is 2.26. The van der Waals surface area contributed by atoms with Gasteiger partial charge in [0.1, 0.15) is 10.5 Å². The van der Waals surface area contributed by atoms with Gasteiger partial charge in [-0.3, -0.25) is 14.9 Å². The monoisotopic (exact) mass is 493 g/mol. The molecule has 0 aliphatic carbocycles. The predicted molar refractivity (Wildman–Crippen MR) is 117 cm³/mol. The van der Waals surface area contributed by atoms with Gasteiger partial charge in [0.05, 0.1) is 9.82 Å². The zero-order valence-corrected chi connectivity index (χ0v) is 19.0. The molecule has 1 amide bonds. The fourth-order valence-electron chi connectivity index (χ4n) is 3.62. The van der Waals surface area contributed by atoms with Crippen molar-refractivity contribution in [2.75, 3.05) is 32.4 Å². The first-order valence-electron chi connectivity index (χ1n) is 9.69. The van der Waals surface area contributed by atoms with Crippen LogP contribution in [-0.4, -0.2) is 79.3 Å². The molecule has 12 nitrogen and oxygen atoms in total. The predicted octanol–water partition coefficient (Wildman–Crippen LogP) is 1.02. The van der Waals surface area contributed by atoms with Gasteiger partial charge in [-0.25, -0.2) is 21.8 Å². The Bertz CT molecular complexity index is 1470. The summed E-state index contributed by atoms with van der Waals surface area (Å²) in [6.07, 6.45) is 3.81. The van der Waals surface area contributed by atoms with Crippen molar-refractivity contribution in [3.05, 3.63) is 58.4 Å². The molecule has 0 spiro atoms. The first-order valence-corrected chi connectivity index (χ1v) is 13.0. The maximum atomic E-state index is 13.1. The van der Waals surface area contributed by atoms with Crippen molar-refractivity contribution in [1.82, 2.24) is 19.2 Å². The largest absolute Gasteiger partial charge is 0.345 e. The number of non-ortho nitro benzene ring substituents is 1. The maximum absolute atomic E-state index is 13.1. The smallest absolute Gasteiger partial charge is 0.271 e. The number of sulfonamides is 1. The third kappa shape index (κ3) is 4.31. The summed E-state index contributed by atoms with van der Waals surface area (Å²) in [5.41, 5.74) is -0.226. The summed E-state index contributed by atoms with van der Waals surface area (Å²) in [7, 11) is -7.64. The maximum Gasteiger partial charge on any atom is 0.271 e. The van der Waals surface area contributed by atoms with E-state index < -0.39 is 36.4 Å². The highest BCUT2D eigenvalue weighted by Gasteiger charge is 2.33. The Kier molecular flexibility index (Phi) is 5.67. The van der Waals surface area contributed by atoms with E-state index in [9.17, 15) is 31.7 Å². The Morgan fingerprint density at radius 1 is 1.12 bits per heavy atom. The van der Waals surface area contributed by atoms with Crippen LogP contribution in [0.25, 0.3) is 11.0 Å². The average Bonchev–Trinajstić information content (AvgIpc) is 3.23. The van der Waals surface area contributed by atoms with Crippen LogP contribution in [0.2, 0.25) is 0 Å². The number of nitrogens with zero attached hydrogens (tertiary/aromatic N) is 4.